The number of amides is 1. The van der Waals surface area contributed by atoms with Crippen LogP contribution in [0.2, 0.25) is 0 Å². The Morgan fingerprint density at radius 2 is 2.11 bits per heavy atom. The first-order valence-corrected chi connectivity index (χ1v) is 8.49. The average molecular weight is 375 g/mol. The number of ether oxygens (including phenoxy) is 2. The minimum absolute atomic E-state index is 0.0101. The fourth-order valence-corrected chi connectivity index (χ4v) is 2.79. The molecule has 10 nitrogen and oxygen atoms in total. The summed E-state index contributed by atoms with van der Waals surface area (Å²) in [5, 5.41) is 19.4. The molecule has 2 aromatic heterocycles. The van der Waals surface area contributed by atoms with Gasteiger partial charge in [-0.3, -0.25) is 4.79 Å². The molecule has 0 saturated heterocycles. The fraction of sp³-hybridized carbons (Fsp3) is 0.471. The van der Waals surface area contributed by atoms with Gasteiger partial charge < -0.3 is 19.9 Å². The lowest BCUT2D eigenvalue weighted by molar-refractivity contribution is -0.147. The highest BCUT2D eigenvalue weighted by atomic mass is 16.5. The Bertz CT molecular complexity index is 859. The van der Waals surface area contributed by atoms with Crippen LogP contribution in [0, 0.1) is 12.8 Å². The number of carboxylic acid groups (broad SMARTS) is 1. The van der Waals surface area contributed by atoms with Crippen molar-refractivity contribution in [2.45, 2.75) is 32.5 Å². The van der Waals surface area contributed by atoms with Crippen LogP contribution >= 0.6 is 0 Å². The predicted octanol–water partition coefficient (Wildman–Crippen LogP) is 1.28. The Hall–Kier alpha value is -3.17. The molecule has 2 aromatic rings. The highest BCUT2D eigenvalue weighted by Gasteiger charge is 2.36. The van der Waals surface area contributed by atoms with Gasteiger partial charge in [-0.2, -0.15) is 0 Å². The Morgan fingerprint density at radius 1 is 1.37 bits per heavy atom. The molecular formula is C17H21N5O5. The van der Waals surface area contributed by atoms with E-state index in [4.69, 9.17) is 14.6 Å². The summed E-state index contributed by atoms with van der Waals surface area (Å²) in [4.78, 5) is 26.7. The second-order valence-corrected chi connectivity index (χ2v) is 6.36. The second-order valence-electron chi connectivity index (χ2n) is 6.36. The zero-order chi connectivity index (χ0) is 19.6. The minimum atomic E-state index is -0.783. The fourth-order valence-electron chi connectivity index (χ4n) is 2.79. The first-order valence-electron chi connectivity index (χ1n) is 8.49. The number of aryl methyl sites for hydroxylation is 2. The van der Waals surface area contributed by atoms with Crippen LogP contribution in [0.4, 0.5) is 4.79 Å². The number of alkyl carbamates (subject to hydrolysis) is 1. The minimum Gasteiger partial charge on any atom is -0.488 e. The van der Waals surface area contributed by atoms with Crippen LogP contribution in [0.15, 0.2) is 12.1 Å². The quantitative estimate of drug-likeness (QED) is 0.773. The molecule has 1 fully saturated rings. The maximum absolute atomic E-state index is 11.3. The maximum atomic E-state index is 11.3. The van der Waals surface area contributed by atoms with E-state index in [2.05, 4.69) is 20.6 Å². The molecule has 2 N–H and O–H groups in total. The summed E-state index contributed by atoms with van der Waals surface area (Å²) >= 11 is 0. The normalized spacial score (nSPS) is 18.5. The predicted molar refractivity (Wildman–Crippen MR) is 93.0 cm³/mol. The summed E-state index contributed by atoms with van der Waals surface area (Å²) in [7, 11) is 3.19. The SMILES string of the molecule is CNC(=O)OCc1c(-c2ccc(OC3CC(C(=O)O)C3)c(C)n2)nnn1C. The molecule has 1 aliphatic rings. The van der Waals surface area contributed by atoms with Crippen LogP contribution in [0.1, 0.15) is 24.2 Å². The van der Waals surface area contributed by atoms with Crippen LogP contribution in [-0.4, -0.2) is 50.3 Å². The number of carbonyl (C=O) groups is 2. The molecule has 144 valence electrons. The molecule has 0 bridgehead atoms. The summed E-state index contributed by atoms with van der Waals surface area (Å²) in [5.41, 5.74) is 2.38. The zero-order valence-electron chi connectivity index (χ0n) is 15.3. The number of rotatable bonds is 6. The first-order chi connectivity index (χ1) is 12.9. The highest BCUT2D eigenvalue weighted by Crippen LogP contribution is 2.33. The topological polar surface area (TPSA) is 128 Å². The van der Waals surface area contributed by atoms with Crippen molar-refractivity contribution in [2.24, 2.45) is 13.0 Å². The van der Waals surface area contributed by atoms with Crippen molar-refractivity contribution in [1.29, 1.82) is 0 Å². The number of nitrogens with zero attached hydrogens (tertiary/aromatic N) is 4. The van der Waals surface area contributed by atoms with E-state index in [9.17, 15) is 9.59 Å². The largest absolute Gasteiger partial charge is 0.488 e. The van der Waals surface area contributed by atoms with Gasteiger partial charge in [-0.25, -0.2) is 14.5 Å². The lowest BCUT2D eigenvalue weighted by atomic mass is 9.82. The van der Waals surface area contributed by atoms with Crippen LogP contribution in [0.3, 0.4) is 0 Å². The van der Waals surface area contributed by atoms with Crippen LogP contribution in [0.5, 0.6) is 5.75 Å². The third-order valence-electron chi connectivity index (χ3n) is 4.50. The van der Waals surface area contributed by atoms with Crippen LogP contribution in [-0.2, 0) is 23.2 Å². The van der Waals surface area contributed by atoms with Crippen molar-refractivity contribution in [2.75, 3.05) is 7.05 Å². The van der Waals surface area contributed by atoms with Crippen molar-refractivity contribution in [3.05, 3.63) is 23.5 Å². The van der Waals surface area contributed by atoms with E-state index in [0.717, 1.165) is 0 Å². The summed E-state index contributed by atoms with van der Waals surface area (Å²) in [6.07, 6.45) is 0.351. The summed E-state index contributed by atoms with van der Waals surface area (Å²) in [6, 6.07) is 3.53. The Morgan fingerprint density at radius 3 is 2.74 bits per heavy atom. The number of carboxylic acids is 1. The molecule has 0 aliphatic heterocycles. The second kappa shape index (κ2) is 7.60. The van der Waals surface area contributed by atoms with Crippen molar-refractivity contribution < 1.29 is 24.2 Å². The number of nitrogens with one attached hydrogen (secondary N) is 1. The average Bonchev–Trinajstić information content (AvgIpc) is 2.96. The lowest BCUT2D eigenvalue weighted by Crippen LogP contribution is -2.38. The van der Waals surface area contributed by atoms with Crippen molar-refractivity contribution in [3.8, 4) is 17.1 Å². The van der Waals surface area contributed by atoms with Gasteiger partial charge in [0, 0.05) is 14.1 Å². The van der Waals surface area contributed by atoms with Crippen LogP contribution < -0.4 is 10.1 Å². The number of hydrogen-bond donors (Lipinski definition) is 2. The number of pyridine rings is 1. The van der Waals surface area contributed by atoms with Crippen molar-refractivity contribution in [3.63, 3.8) is 0 Å². The van der Waals surface area contributed by atoms with Gasteiger partial charge in [-0.1, -0.05) is 5.21 Å². The van der Waals surface area contributed by atoms with E-state index in [1.54, 1.807) is 19.2 Å². The summed E-state index contributed by atoms with van der Waals surface area (Å²) in [5.74, 6) is -0.501. The molecule has 3 rings (SSSR count). The van der Waals surface area contributed by atoms with Crippen molar-refractivity contribution >= 4 is 12.1 Å². The van der Waals surface area contributed by atoms with Gasteiger partial charge in [0.25, 0.3) is 0 Å². The van der Waals surface area contributed by atoms with E-state index in [0.29, 0.717) is 41.4 Å². The van der Waals surface area contributed by atoms with Gasteiger partial charge in [0.1, 0.15) is 29.8 Å². The van der Waals surface area contributed by atoms with Gasteiger partial charge in [0.15, 0.2) is 0 Å². The van der Waals surface area contributed by atoms with Gasteiger partial charge in [0.05, 0.1) is 17.3 Å². The molecule has 0 aromatic carbocycles. The third kappa shape index (κ3) is 3.99. The molecule has 0 unspecified atom stereocenters. The molecule has 27 heavy (non-hydrogen) atoms. The van der Waals surface area contributed by atoms with Crippen molar-refractivity contribution in [1.82, 2.24) is 25.3 Å². The molecule has 0 spiro atoms. The number of carbonyl (C=O) groups excluding carboxylic acids is 1. The van der Waals surface area contributed by atoms with Crippen LogP contribution in [0.25, 0.3) is 11.4 Å². The molecule has 2 heterocycles. The first kappa shape index (κ1) is 18.6. The smallest absolute Gasteiger partial charge is 0.407 e. The molecule has 10 heteroatoms. The molecule has 1 aliphatic carbocycles. The Labute approximate surface area is 155 Å². The molecule has 1 amide bonds. The Balaban J connectivity index is 1.72. The molecule has 0 radical (unpaired) electrons. The van der Waals surface area contributed by atoms with Gasteiger partial charge in [0.2, 0.25) is 0 Å². The van der Waals surface area contributed by atoms with E-state index in [1.807, 2.05) is 6.92 Å². The van der Waals surface area contributed by atoms with E-state index in [1.165, 1.54) is 11.7 Å². The Kier molecular flexibility index (Phi) is 5.24. The maximum Gasteiger partial charge on any atom is 0.407 e. The van der Waals surface area contributed by atoms with Gasteiger partial charge in [-0.15, -0.1) is 5.10 Å². The zero-order valence-corrected chi connectivity index (χ0v) is 15.3. The third-order valence-corrected chi connectivity index (χ3v) is 4.50. The summed E-state index contributed by atoms with van der Waals surface area (Å²) in [6.45, 7) is 1.82. The monoisotopic (exact) mass is 375 g/mol. The molecule has 0 atom stereocenters. The van der Waals surface area contributed by atoms with Gasteiger partial charge >= 0.3 is 12.1 Å². The van der Waals surface area contributed by atoms with E-state index < -0.39 is 12.1 Å². The highest BCUT2D eigenvalue weighted by molar-refractivity contribution is 5.71. The standard InChI is InChI=1S/C17H21N5O5/c1-9-14(27-11-6-10(7-11)16(23)24)5-4-12(19-9)15-13(22(3)21-20-15)8-26-17(25)18-2/h4-5,10-11H,6-8H2,1-3H3,(H,18,25)(H,23,24). The number of hydrogen-bond acceptors (Lipinski definition) is 7. The molecule has 1 saturated carbocycles. The summed E-state index contributed by atoms with van der Waals surface area (Å²) < 4.78 is 12.4. The lowest BCUT2D eigenvalue weighted by Gasteiger charge is -2.32. The van der Waals surface area contributed by atoms with E-state index in [-0.39, 0.29) is 18.6 Å². The number of aliphatic carboxylic acids is 1. The van der Waals surface area contributed by atoms with Gasteiger partial charge in [-0.05, 0) is 31.9 Å². The molecular weight excluding hydrogens is 354 g/mol. The van der Waals surface area contributed by atoms with E-state index >= 15 is 0 Å². The number of aromatic nitrogens is 4.